The molecule has 0 saturated heterocycles. The molecule has 0 aliphatic heterocycles. The van der Waals surface area contributed by atoms with E-state index in [0.29, 0.717) is 11.0 Å². The number of fused-ring (bicyclic) bond motifs is 1. The Labute approximate surface area is 117 Å². The van der Waals surface area contributed by atoms with E-state index in [1.807, 2.05) is 0 Å². The molecule has 3 rings (SSSR count). The van der Waals surface area contributed by atoms with Crippen molar-refractivity contribution in [2.75, 3.05) is 0 Å². The quantitative estimate of drug-likeness (QED) is 0.727. The highest BCUT2D eigenvalue weighted by Gasteiger charge is 2.40. The molecule has 1 aromatic carbocycles. The largest absolute Gasteiger partial charge is 0.329 e. The molecule has 0 unspecified atom stereocenters. The van der Waals surface area contributed by atoms with E-state index in [9.17, 15) is 13.6 Å². The molecule has 3 nitrogen and oxygen atoms in total. The minimum absolute atomic E-state index is 0.183. The molecule has 0 aliphatic carbocycles. The highest BCUT2D eigenvalue weighted by atomic mass is 32.1. The maximum Gasteiger partial charge on any atom is 0.329 e. The number of benzene rings is 1. The van der Waals surface area contributed by atoms with Crippen LogP contribution >= 0.6 is 11.3 Å². The lowest BCUT2D eigenvalue weighted by molar-refractivity contribution is 0.0403. The summed E-state index contributed by atoms with van der Waals surface area (Å²) in [6.45, 7) is 0. The molecule has 0 spiro atoms. The lowest BCUT2D eigenvalue weighted by Gasteiger charge is -2.15. The lowest BCUT2D eigenvalue weighted by atomic mass is 10.2. The first-order valence-corrected chi connectivity index (χ1v) is 6.78. The van der Waals surface area contributed by atoms with Crippen molar-refractivity contribution in [1.29, 1.82) is 0 Å². The fourth-order valence-corrected chi connectivity index (χ4v) is 2.76. The Morgan fingerprint density at radius 1 is 1.20 bits per heavy atom. The van der Waals surface area contributed by atoms with Crippen molar-refractivity contribution in [3.8, 4) is 0 Å². The lowest BCUT2D eigenvalue weighted by Crippen LogP contribution is -2.31. The van der Waals surface area contributed by atoms with Gasteiger partial charge in [-0.3, -0.25) is 4.79 Å². The van der Waals surface area contributed by atoms with Gasteiger partial charge in [0.25, 0.3) is 5.56 Å². The minimum Gasteiger partial charge on any atom is -0.308 e. The molecule has 0 bridgehead atoms. The average Bonchev–Trinajstić information content (AvgIpc) is 2.97. The van der Waals surface area contributed by atoms with E-state index in [1.54, 1.807) is 29.6 Å². The van der Waals surface area contributed by atoms with Gasteiger partial charge in [0.1, 0.15) is 0 Å². The number of hydrogen-bond acceptors (Lipinski definition) is 3. The first-order valence-electron chi connectivity index (χ1n) is 5.90. The van der Waals surface area contributed by atoms with Crippen molar-refractivity contribution in [1.82, 2.24) is 9.55 Å². The second-order valence-electron chi connectivity index (χ2n) is 4.36. The molecule has 0 fully saturated rings. The molecule has 2 heterocycles. The van der Waals surface area contributed by atoms with E-state index in [-0.39, 0.29) is 4.88 Å². The molecule has 0 atom stereocenters. The smallest absolute Gasteiger partial charge is 0.308 e. The van der Waals surface area contributed by atoms with Crippen molar-refractivity contribution in [2.24, 2.45) is 7.05 Å². The summed E-state index contributed by atoms with van der Waals surface area (Å²) in [7, 11) is 1.47. The number of hydrogen-bond donors (Lipinski definition) is 0. The standard InChI is InChI=1S/C14H10F2N2OS/c1-18-10-6-3-2-5-9(10)17-12(13(18)19)14(15,16)11-7-4-8-20-11/h2-8H,1H3. The van der Waals surface area contributed by atoms with Crippen molar-refractivity contribution in [3.63, 3.8) is 0 Å². The maximum atomic E-state index is 14.4. The zero-order valence-electron chi connectivity index (χ0n) is 10.5. The van der Waals surface area contributed by atoms with Crippen molar-refractivity contribution < 1.29 is 8.78 Å². The highest BCUT2D eigenvalue weighted by Crippen LogP contribution is 2.35. The van der Waals surface area contributed by atoms with Gasteiger partial charge in [0.05, 0.1) is 15.9 Å². The van der Waals surface area contributed by atoms with Crippen LogP contribution in [0.1, 0.15) is 10.6 Å². The Bertz CT molecular complexity index is 825. The summed E-state index contributed by atoms with van der Waals surface area (Å²) in [6, 6.07) is 9.56. The number of thiophene rings is 1. The number of halogens is 2. The van der Waals surface area contributed by atoms with E-state index in [1.165, 1.54) is 23.7 Å². The Morgan fingerprint density at radius 3 is 2.65 bits per heavy atom. The molecular weight excluding hydrogens is 282 g/mol. The third-order valence-electron chi connectivity index (χ3n) is 3.11. The van der Waals surface area contributed by atoms with Crippen LogP contribution in [0.15, 0.2) is 46.6 Å². The minimum atomic E-state index is -3.38. The van der Waals surface area contributed by atoms with Gasteiger partial charge < -0.3 is 4.57 Å². The fraction of sp³-hybridized carbons (Fsp3) is 0.143. The number of aryl methyl sites for hydroxylation is 1. The summed E-state index contributed by atoms with van der Waals surface area (Å²) in [4.78, 5) is 15.9. The number of alkyl halides is 2. The molecule has 3 aromatic rings. The van der Waals surface area contributed by atoms with E-state index >= 15 is 0 Å². The molecule has 2 aromatic heterocycles. The summed E-state index contributed by atoms with van der Waals surface area (Å²) >= 11 is 0.907. The molecule has 0 N–H and O–H groups in total. The monoisotopic (exact) mass is 292 g/mol. The van der Waals surface area contributed by atoms with Crippen molar-refractivity contribution >= 4 is 22.4 Å². The van der Waals surface area contributed by atoms with Crippen LogP contribution in [0.4, 0.5) is 8.78 Å². The van der Waals surface area contributed by atoms with Gasteiger partial charge in [0, 0.05) is 7.05 Å². The summed E-state index contributed by atoms with van der Waals surface area (Å²) in [5.41, 5.74) is -0.604. The highest BCUT2D eigenvalue weighted by molar-refractivity contribution is 7.10. The third-order valence-corrected chi connectivity index (χ3v) is 4.05. The van der Waals surface area contributed by atoms with Gasteiger partial charge in [0.2, 0.25) is 0 Å². The van der Waals surface area contributed by atoms with Gasteiger partial charge in [0.15, 0.2) is 5.69 Å². The van der Waals surface area contributed by atoms with Crippen LogP contribution in [-0.4, -0.2) is 9.55 Å². The molecule has 0 aliphatic rings. The van der Waals surface area contributed by atoms with Gasteiger partial charge in [-0.1, -0.05) is 18.2 Å². The predicted octanol–water partition coefficient (Wildman–Crippen LogP) is 3.14. The number of para-hydroxylation sites is 2. The van der Waals surface area contributed by atoms with Gasteiger partial charge >= 0.3 is 5.92 Å². The van der Waals surface area contributed by atoms with E-state index in [4.69, 9.17) is 0 Å². The Kier molecular flexibility index (Phi) is 2.90. The number of rotatable bonds is 2. The van der Waals surface area contributed by atoms with Gasteiger partial charge in [-0.2, -0.15) is 8.78 Å². The zero-order chi connectivity index (χ0) is 14.3. The molecule has 0 amide bonds. The zero-order valence-corrected chi connectivity index (χ0v) is 11.3. The fourth-order valence-electron chi connectivity index (χ4n) is 2.06. The van der Waals surface area contributed by atoms with Crippen molar-refractivity contribution in [3.05, 3.63) is 62.7 Å². The van der Waals surface area contributed by atoms with Crippen LogP contribution in [0.5, 0.6) is 0 Å². The molecule has 102 valence electrons. The number of aromatic nitrogens is 2. The maximum absolute atomic E-state index is 14.4. The van der Waals surface area contributed by atoms with Crippen LogP contribution in [0.25, 0.3) is 11.0 Å². The van der Waals surface area contributed by atoms with Gasteiger partial charge in [-0.05, 0) is 23.6 Å². The Morgan fingerprint density at radius 2 is 1.95 bits per heavy atom. The average molecular weight is 292 g/mol. The van der Waals surface area contributed by atoms with E-state index < -0.39 is 17.2 Å². The van der Waals surface area contributed by atoms with Crippen LogP contribution < -0.4 is 5.56 Å². The van der Waals surface area contributed by atoms with Crippen LogP contribution in [0, 0.1) is 0 Å². The van der Waals surface area contributed by atoms with Gasteiger partial charge in [-0.15, -0.1) is 11.3 Å². The van der Waals surface area contributed by atoms with E-state index in [2.05, 4.69) is 4.98 Å². The summed E-state index contributed by atoms with van der Waals surface area (Å²) in [5, 5.41) is 1.55. The number of nitrogens with zero attached hydrogens (tertiary/aromatic N) is 2. The molecule has 0 saturated carbocycles. The van der Waals surface area contributed by atoms with Crippen LogP contribution in [0.2, 0.25) is 0 Å². The van der Waals surface area contributed by atoms with E-state index in [0.717, 1.165) is 11.3 Å². The molecular formula is C14H10F2N2OS. The summed E-state index contributed by atoms with van der Waals surface area (Å²) in [5.74, 6) is -3.38. The Balaban J connectivity index is 2.32. The third kappa shape index (κ3) is 1.84. The SMILES string of the molecule is Cn1c(=O)c(C(F)(F)c2cccs2)nc2ccccc21. The second kappa shape index (κ2) is 4.49. The molecule has 20 heavy (non-hydrogen) atoms. The molecule has 6 heteroatoms. The Hall–Kier alpha value is -2.08. The predicted molar refractivity (Wildman–Crippen MR) is 74.3 cm³/mol. The summed E-state index contributed by atoms with van der Waals surface area (Å²) in [6.07, 6.45) is 0. The van der Waals surface area contributed by atoms with Crippen molar-refractivity contribution in [2.45, 2.75) is 5.92 Å². The van der Waals surface area contributed by atoms with Crippen LogP contribution in [-0.2, 0) is 13.0 Å². The topological polar surface area (TPSA) is 34.9 Å². The second-order valence-corrected chi connectivity index (χ2v) is 5.31. The first kappa shape index (κ1) is 12.9. The normalized spacial score (nSPS) is 11.9. The molecule has 0 radical (unpaired) electrons. The van der Waals surface area contributed by atoms with Crippen LogP contribution in [0.3, 0.4) is 0 Å². The summed E-state index contributed by atoms with van der Waals surface area (Å²) < 4.78 is 30.1. The van der Waals surface area contributed by atoms with Gasteiger partial charge in [-0.25, -0.2) is 4.98 Å². The first-order chi connectivity index (χ1) is 9.51.